The number of carboxylic acids is 1. The average Bonchev–Trinajstić information content (AvgIpc) is 3.42. The Morgan fingerprint density at radius 3 is 2.83 bits per heavy atom. The lowest BCUT2D eigenvalue weighted by Crippen LogP contribution is -2.55. The zero-order valence-electron chi connectivity index (χ0n) is 21.9. The molecule has 0 spiro atoms. The number of hydrogen-bond donors (Lipinski definition) is 2. The van der Waals surface area contributed by atoms with Gasteiger partial charge in [-0.15, -0.1) is 11.3 Å². The Bertz CT molecular complexity index is 1640. The van der Waals surface area contributed by atoms with Crippen molar-refractivity contribution in [2.75, 3.05) is 31.1 Å². The first-order valence-electron chi connectivity index (χ1n) is 13.2. The fourth-order valence-electron chi connectivity index (χ4n) is 5.12. The standard InChI is InChI=1S/C28H28N6O5S/c1-16-9-22(33-12-18(13-33)26(36)30-11-19-6-2-3-8-39-19)32-25-23(16)24(35)20(27(37)38)14-34(25)28-31-21(15-40-28)17-5-4-7-29-10-17/h4-5,7,9-10,14-15,18-19H,2-3,6,8,11-13H2,1H3,(H,30,36)(H,37,38). The van der Waals surface area contributed by atoms with Crippen molar-refractivity contribution >= 4 is 40.1 Å². The lowest BCUT2D eigenvalue weighted by Gasteiger charge is -2.39. The number of nitrogens with one attached hydrogen (secondary N) is 1. The maximum atomic E-state index is 13.2. The monoisotopic (exact) mass is 560 g/mol. The lowest BCUT2D eigenvalue weighted by atomic mass is 9.98. The molecule has 2 fully saturated rings. The van der Waals surface area contributed by atoms with Crippen LogP contribution in [0.25, 0.3) is 27.4 Å². The predicted molar refractivity (Wildman–Crippen MR) is 150 cm³/mol. The minimum Gasteiger partial charge on any atom is -0.477 e. The molecule has 0 bridgehead atoms. The van der Waals surface area contributed by atoms with Crippen molar-refractivity contribution in [2.45, 2.75) is 32.3 Å². The molecule has 6 rings (SSSR count). The van der Waals surface area contributed by atoms with Gasteiger partial charge in [-0.3, -0.25) is 19.1 Å². The fraction of sp³-hybridized carbons (Fsp3) is 0.357. The number of amides is 1. The minimum absolute atomic E-state index is 0.00309. The molecule has 2 aliphatic heterocycles. The van der Waals surface area contributed by atoms with E-state index in [9.17, 15) is 19.5 Å². The normalized spacial score (nSPS) is 17.5. The number of fused-ring (bicyclic) bond motifs is 1. The van der Waals surface area contributed by atoms with Crippen LogP contribution in [0.15, 0.2) is 47.0 Å². The zero-order chi connectivity index (χ0) is 27.8. The van der Waals surface area contributed by atoms with Crippen LogP contribution in [-0.2, 0) is 9.53 Å². The molecule has 6 heterocycles. The highest BCUT2D eigenvalue weighted by Crippen LogP contribution is 2.30. The second kappa shape index (κ2) is 10.8. The van der Waals surface area contributed by atoms with Gasteiger partial charge in [-0.1, -0.05) is 0 Å². The zero-order valence-corrected chi connectivity index (χ0v) is 22.7. The van der Waals surface area contributed by atoms with Gasteiger partial charge in [0.2, 0.25) is 11.3 Å². The summed E-state index contributed by atoms with van der Waals surface area (Å²) in [5, 5.41) is 15.3. The first-order valence-corrected chi connectivity index (χ1v) is 14.1. The molecule has 0 saturated carbocycles. The van der Waals surface area contributed by atoms with E-state index in [1.165, 1.54) is 17.5 Å². The number of hydrogen-bond acceptors (Lipinski definition) is 9. The SMILES string of the molecule is Cc1cc(N2CC(C(=O)NCC3CCCCO3)C2)nc2c1c(=O)c(C(=O)O)cn2-c1nc(-c2cccnc2)cs1. The number of aromatic nitrogens is 4. The molecule has 1 amide bonds. The molecule has 2 aliphatic rings. The van der Waals surface area contributed by atoms with E-state index in [0.29, 0.717) is 47.5 Å². The van der Waals surface area contributed by atoms with Crippen molar-refractivity contribution in [3.05, 3.63) is 63.5 Å². The van der Waals surface area contributed by atoms with Gasteiger partial charge in [-0.2, -0.15) is 0 Å². The van der Waals surface area contributed by atoms with E-state index >= 15 is 0 Å². The first kappa shape index (κ1) is 26.1. The van der Waals surface area contributed by atoms with E-state index in [0.717, 1.165) is 31.4 Å². The van der Waals surface area contributed by atoms with E-state index in [1.807, 2.05) is 22.4 Å². The van der Waals surface area contributed by atoms with E-state index in [1.54, 1.807) is 30.0 Å². The van der Waals surface area contributed by atoms with Gasteiger partial charge in [-0.05, 0) is 49.9 Å². The van der Waals surface area contributed by atoms with E-state index in [-0.39, 0.29) is 28.9 Å². The molecule has 1 atom stereocenters. The van der Waals surface area contributed by atoms with Crippen LogP contribution in [0.2, 0.25) is 0 Å². The number of ether oxygens (including phenoxy) is 1. The summed E-state index contributed by atoms with van der Waals surface area (Å²) in [5.74, 6) is -0.871. The molecule has 206 valence electrons. The molecule has 0 aliphatic carbocycles. The molecule has 2 saturated heterocycles. The van der Waals surface area contributed by atoms with Gasteiger partial charge in [0.25, 0.3) is 0 Å². The second-order valence-electron chi connectivity index (χ2n) is 10.1. The van der Waals surface area contributed by atoms with Crippen LogP contribution >= 0.6 is 11.3 Å². The van der Waals surface area contributed by atoms with Crippen LogP contribution < -0.4 is 15.6 Å². The van der Waals surface area contributed by atoms with Gasteiger partial charge in [0.15, 0.2) is 10.8 Å². The smallest absolute Gasteiger partial charge is 0.341 e. The van der Waals surface area contributed by atoms with Crippen molar-refractivity contribution in [1.29, 1.82) is 0 Å². The molecular weight excluding hydrogens is 532 g/mol. The third-order valence-corrected chi connectivity index (χ3v) is 8.22. The summed E-state index contributed by atoms with van der Waals surface area (Å²) < 4.78 is 7.27. The number of pyridine rings is 3. The van der Waals surface area contributed by atoms with Crippen molar-refractivity contribution in [3.63, 3.8) is 0 Å². The molecule has 0 radical (unpaired) electrons. The Hall–Kier alpha value is -4.16. The van der Waals surface area contributed by atoms with Crippen molar-refractivity contribution in [2.24, 2.45) is 5.92 Å². The maximum Gasteiger partial charge on any atom is 0.341 e. The molecule has 1 unspecified atom stereocenters. The topological polar surface area (TPSA) is 140 Å². The Labute approximate surface area is 233 Å². The van der Waals surface area contributed by atoms with Gasteiger partial charge in [0, 0.05) is 55.8 Å². The summed E-state index contributed by atoms with van der Waals surface area (Å²) >= 11 is 1.31. The Morgan fingerprint density at radius 1 is 1.25 bits per heavy atom. The molecule has 2 N–H and O–H groups in total. The number of anilines is 1. The number of carboxylic acid groups (broad SMARTS) is 1. The molecule has 12 heteroatoms. The molecular formula is C28H28N6O5S. The van der Waals surface area contributed by atoms with Crippen LogP contribution in [-0.4, -0.2) is 68.8 Å². The first-order chi connectivity index (χ1) is 19.4. The van der Waals surface area contributed by atoms with Gasteiger partial charge in [0.05, 0.1) is 23.1 Å². The van der Waals surface area contributed by atoms with Crippen molar-refractivity contribution in [1.82, 2.24) is 24.8 Å². The van der Waals surface area contributed by atoms with E-state index in [4.69, 9.17) is 14.7 Å². The third kappa shape index (κ3) is 4.95. The van der Waals surface area contributed by atoms with Crippen LogP contribution in [0.1, 0.15) is 35.2 Å². The maximum absolute atomic E-state index is 13.2. The third-order valence-electron chi connectivity index (χ3n) is 7.38. The highest BCUT2D eigenvalue weighted by molar-refractivity contribution is 7.12. The molecule has 0 aromatic carbocycles. The summed E-state index contributed by atoms with van der Waals surface area (Å²) in [7, 11) is 0. The number of thiazole rings is 1. The van der Waals surface area contributed by atoms with Crippen LogP contribution in [0.4, 0.5) is 5.82 Å². The minimum atomic E-state index is -1.32. The number of carbonyl (C=O) groups excluding carboxylic acids is 1. The van der Waals surface area contributed by atoms with Gasteiger partial charge >= 0.3 is 5.97 Å². The fourth-order valence-corrected chi connectivity index (χ4v) is 5.93. The quantitative estimate of drug-likeness (QED) is 0.349. The largest absolute Gasteiger partial charge is 0.477 e. The van der Waals surface area contributed by atoms with Crippen LogP contribution in [0.3, 0.4) is 0 Å². The van der Waals surface area contributed by atoms with E-state index in [2.05, 4.69) is 10.3 Å². The summed E-state index contributed by atoms with van der Waals surface area (Å²) in [6.07, 6.45) is 7.89. The average molecular weight is 561 g/mol. The number of aromatic carboxylic acids is 1. The predicted octanol–water partition coefficient (Wildman–Crippen LogP) is 3.03. The van der Waals surface area contributed by atoms with Crippen LogP contribution in [0, 0.1) is 12.8 Å². The van der Waals surface area contributed by atoms with Crippen LogP contribution in [0.5, 0.6) is 0 Å². The molecule has 4 aromatic heterocycles. The Morgan fingerprint density at radius 2 is 2.10 bits per heavy atom. The number of aryl methyl sites for hydroxylation is 1. The van der Waals surface area contributed by atoms with Gasteiger partial charge in [0.1, 0.15) is 11.4 Å². The lowest BCUT2D eigenvalue weighted by molar-refractivity contribution is -0.126. The Kier molecular flexibility index (Phi) is 7.03. The highest BCUT2D eigenvalue weighted by Gasteiger charge is 2.34. The second-order valence-corrected chi connectivity index (χ2v) is 11.0. The summed E-state index contributed by atoms with van der Waals surface area (Å²) in [6.45, 7) is 4.03. The Balaban J connectivity index is 1.29. The molecule has 4 aromatic rings. The molecule has 40 heavy (non-hydrogen) atoms. The van der Waals surface area contributed by atoms with Crippen molar-refractivity contribution < 1.29 is 19.4 Å². The highest BCUT2D eigenvalue weighted by atomic mass is 32.1. The number of carbonyl (C=O) groups is 2. The summed E-state index contributed by atoms with van der Waals surface area (Å²) in [4.78, 5) is 53.4. The summed E-state index contributed by atoms with van der Waals surface area (Å²) in [5.41, 5.74) is 1.47. The summed E-state index contributed by atoms with van der Waals surface area (Å²) in [6, 6.07) is 5.47. The van der Waals surface area contributed by atoms with E-state index < -0.39 is 11.4 Å². The molecule has 11 nitrogen and oxygen atoms in total. The number of nitrogens with zero attached hydrogens (tertiary/aromatic N) is 5. The number of rotatable bonds is 7. The van der Waals surface area contributed by atoms with Crippen molar-refractivity contribution in [3.8, 4) is 16.4 Å². The van der Waals surface area contributed by atoms with Gasteiger partial charge < -0.3 is 20.1 Å². The van der Waals surface area contributed by atoms with Gasteiger partial charge in [-0.25, -0.2) is 14.8 Å².